The largest absolute Gasteiger partial charge is 0.481 e. The Hall–Kier alpha value is -1.88. The van der Waals surface area contributed by atoms with Crippen molar-refractivity contribution in [1.29, 1.82) is 0 Å². The molecule has 5 heteroatoms. The average molecular weight is 289 g/mol. The lowest BCUT2D eigenvalue weighted by atomic mass is 9.98. The number of benzene rings is 1. The lowest BCUT2D eigenvalue weighted by molar-refractivity contribution is -0.137. The van der Waals surface area contributed by atoms with Gasteiger partial charge in [-0.2, -0.15) is 0 Å². The van der Waals surface area contributed by atoms with Crippen LogP contribution in [0.5, 0.6) is 0 Å². The summed E-state index contributed by atoms with van der Waals surface area (Å²) in [5.41, 5.74) is 1.82. The summed E-state index contributed by atoms with van der Waals surface area (Å²) in [6, 6.07) is 7.61. The topological polar surface area (TPSA) is 66.8 Å². The van der Waals surface area contributed by atoms with E-state index in [0.29, 0.717) is 13.2 Å². The number of hydrogen-bond donors (Lipinski definition) is 1. The first-order valence-corrected chi connectivity index (χ1v) is 7.36. The van der Waals surface area contributed by atoms with Gasteiger partial charge in [0.2, 0.25) is 5.91 Å². The highest BCUT2D eigenvalue weighted by atomic mass is 16.5. The van der Waals surface area contributed by atoms with E-state index in [9.17, 15) is 9.59 Å². The summed E-state index contributed by atoms with van der Waals surface area (Å²) < 4.78 is 5.40. The maximum Gasteiger partial charge on any atom is 0.304 e. The summed E-state index contributed by atoms with van der Waals surface area (Å²) in [5, 5.41) is 9.05. The number of aliphatic carboxylic acids is 1. The van der Waals surface area contributed by atoms with Crippen LogP contribution >= 0.6 is 0 Å². The van der Waals surface area contributed by atoms with Gasteiger partial charge in [-0.25, -0.2) is 0 Å². The van der Waals surface area contributed by atoms with Crippen molar-refractivity contribution in [3.8, 4) is 0 Å². The molecule has 1 fully saturated rings. The molecule has 2 aliphatic heterocycles. The van der Waals surface area contributed by atoms with E-state index in [1.54, 1.807) is 4.90 Å². The summed E-state index contributed by atoms with van der Waals surface area (Å²) in [6.07, 6.45) is 1.81. The van der Waals surface area contributed by atoms with Crippen LogP contribution in [-0.4, -0.2) is 36.7 Å². The monoisotopic (exact) mass is 289 g/mol. The zero-order valence-electron chi connectivity index (χ0n) is 11.8. The van der Waals surface area contributed by atoms with Gasteiger partial charge in [-0.05, 0) is 24.5 Å². The summed E-state index contributed by atoms with van der Waals surface area (Å²) in [7, 11) is 0. The Morgan fingerprint density at radius 2 is 2.14 bits per heavy atom. The first-order valence-electron chi connectivity index (χ1n) is 7.36. The van der Waals surface area contributed by atoms with Crippen LogP contribution in [0.2, 0.25) is 0 Å². The van der Waals surface area contributed by atoms with Gasteiger partial charge in [0.15, 0.2) is 0 Å². The van der Waals surface area contributed by atoms with Gasteiger partial charge in [0.1, 0.15) is 0 Å². The molecule has 3 rings (SSSR count). The minimum absolute atomic E-state index is 0.0575. The predicted molar refractivity (Wildman–Crippen MR) is 77.3 cm³/mol. The zero-order valence-corrected chi connectivity index (χ0v) is 11.8. The number of ether oxygens (including phenoxy) is 1. The van der Waals surface area contributed by atoms with E-state index in [1.807, 2.05) is 24.3 Å². The van der Waals surface area contributed by atoms with E-state index in [-0.39, 0.29) is 24.2 Å². The number of fused-ring (bicyclic) bond motifs is 1. The molecule has 2 aliphatic rings. The molecule has 0 radical (unpaired) electrons. The molecule has 21 heavy (non-hydrogen) atoms. The van der Waals surface area contributed by atoms with Crippen molar-refractivity contribution in [2.75, 3.05) is 24.7 Å². The Bertz CT molecular complexity index is 551. The quantitative estimate of drug-likeness (QED) is 0.924. The van der Waals surface area contributed by atoms with E-state index in [0.717, 1.165) is 30.7 Å². The number of carboxylic acids is 1. The number of rotatable bonds is 3. The van der Waals surface area contributed by atoms with Crippen LogP contribution in [0.4, 0.5) is 5.69 Å². The lowest BCUT2D eigenvalue weighted by Gasteiger charge is -2.27. The molecule has 1 aromatic rings. The smallest absolute Gasteiger partial charge is 0.304 e. The molecular weight excluding hydrogens is 270 g/mol. The third-order valence-corrected chi connectivity index (χ3v) is 4.27. The standard InChI is InChI=1S/C16H19NO4/c18-15(19)8-12-9-17(14-6-2-1-5-13(12)14)16(20)11-4-3-7-21-10-11/h1-2,5-6,11-12H,3-4,7-10H2,(H,18,19). The second kappa shape index (κ2) is 5.85. The van der Waals surface area contributed by atoms with Crippen molar-refractivity contribution in [1.82, 2.24) is 0 Å². The first-order chi connectivity index (χ1) is 10.2. The van der Waals surface area contributed by atoms with Gasteiger partial charge in [-0.1, -0.05) is 18.2 Å². The van der Waals surface area contributed by atoms with Crippen LogP contribution < -0.4 is 4.90 Å². The number of carboxylic acid groups (broad SMARTS) is 1. The van der Waals surface area contributed by atoms with Gasteiger partial charge >= 0.3 is 5.97 Å². The fourth-order valence-corrected chi connectivity index (χ4v) is 3.25. The Labute approximate surface area is 123 Å². The molecule has 0 spiro atoms. The molecule has 0 saturated carbocycles. The normalized spacial score (nSPS) is 24.7. The number of carbonyl (C=O) groups excluding carboxylic acids is 1. The fraction of sp³-hybridized carbons (Fsp3) is 0.500. The van der Waals surface area contributed by atoms with Gasteiger partial charge in [0, 0.05) is 24.8 Å². The molecule has 1 amide bonds. The molecule has 0 bridgehead atoms. The van der Waals surface area contributed by atoms with Crippen molar-refractivity contribution in [3.63, 3.8) is 0 Å². The number of anilines is 1. The van der Waals surface area contributed by atoms with E-state index in [2.05, 4.69) is 0 Å². The van der Waals surface area contributed by atoms with Gasteiger partial charge < -0.3 is 14.7 Å². The minimum atomic E-state index is -0.829. The number of nitrogens with zero attached hydrogens (tertiary/aromatic N) is 1. The first kappa shape index (κ1) is 14.1. The molecule has 1 aromatic carbocycles. The zero-order chi connectivity index (χ0) is 14.8. The molecule has 112 valence electrons. The van der Waals surface area contributed by atoms with Crippen LogP contribution in [0.1, 0.15) is 30.7 Å². The number of hydrogen-bond acceptors (Lipinski definition) is 3. The second-order valence-corrected chi connectivity index (χ2v) is 5.72. The van der Waals surface area contributed by atoms with Gasteiger partial charge in [0.25, 0.3) is 0 Å². The third kappa shape index (κ3) is 2.78. The van der Waals surface area contributed by atoms with Gasteiger partial charge in [-0.15, -0.1) is 0 Å². The highest BCUT2D eigenvalue weighted by molar-refractivity contribution is 5.97. The average Bonchev–Trinajstić information content (AvgIpc) is 2.86. The Morgan fingerprint density at radius 1 is 1.33 bits per heavy atom. The number of para-hydroxylation sites is 1. The molecule has 2 unspecified atom stereocenters. The Balaban J connectivity index is 1.83. The summed E-state index contributed by atoms with van der Waals surface area (Å²) in [6.45, 7) is 1.66. The Kier molecular flexibility index (Phi) is 3.92. The molecule has 0 aromatic heterocycles. The summed E-state index contributed by atoms with van der Waals surface area (Å²) in [5.74, 6) is -0.984. The fourth-order valence-electron chi connectivity index (χ4n) is 3.25. The maximum atomic E-state index is 12.7. The minimum Gasteiger partial charge on any atom is -0.481 e. The highest BCUT2D eigenvalue weighted by Gasteiger charge is 2.36. The van der Waals surface area contributed by atoms with Crippen LogP contribution in [-0.2, 0) is 14.3 Å². The van der Waals surface area contributed by atoms with Crippen LogP contribution in [0.15, 0.2) is 24.3 Å². The molecule has 0 aliphatic carbocycles. The van der Waals surface area contributed by atoms with E-state index < -0.39 is 5.97 Å². The molecule has 2 heterocycles. The molecule has 2 atom stereocenters. The Morgan fingerprint density at radius 3 is 2.86 bits per heavy atom. The predicted octanol–water partition coefficient (Wildman–Crippen LogP) is 2.02. The number of carbonyl (C=O) groups is 2. The number of amides is 1. The van der Waals surface area contributed by atoms with Crippen molar-refractivity contribution in [2.24, 2.45) is 5.92 Å². The highest BCUT2D eigenvalue weighted by Crippen LogP contribution is 2.39. The third-order valence-electron chi connectivity index (χ3n) is 4.27. The maximum absolute atomic E-state index is 12.7. The molecular formula is C16H19NO4. The second-order valence-electron chi connectivity index (χ2n) is 5.72. The van der Waals surface area contributed by atoms with Gasteiger partial charge in [-0.3, -0.25) is 9.59 Å². The van der Waals surface area contributed by atoms with Crippen LogP contribution in [0.25, 0.3) is 0 Å². The van der Waals surface area contributed by atoms with Crippen molar-refractivity contribution < 1.29 is 19.4 Å². The summed E-state index contributed by atoms with van der Waals surface area (Å²) >= 11 is 0. The van der Waals surface area contributed by atoms with Crippen molar-refractivity contribution in [3.05, 3.63) is 29.8 Å². The van der Waals surface area contributed by atoms with E-state index in [1.165, 1.54) is 0 Å². The van der Waals surface area contributed by atoms with E-state index >= 15 is 0 Å². The van der Waals surface area contributed by atoms with Crippen LogP contribution in [0, 0.1) is 5.92 Å². The van der Waals surface area contributed by atoms with Crippen LogP contribution in [0.3, 0.4) is 0 Å². The van der Waals surface area contributed by atoms with Crippen molar-refractivity contribution >= 4 is 17.6 Å². The molecule has 1 N–H and O–H groups in total. The molecule has 5 nitrogen and oxygen atoms in total. The van der Waals surface area contributed by atoms with Crippen molar-refractivity contribution in [2.45, 2.75) is 25.2 Å². The molecule has 1 saturated heterocycles. The summed E-state index contributed by atoms with van der Waals surface area (Å²) in [4.78, 5) is 25.5. The van der Waals surface area contributed by atoms with E-state index in [4.69, 9.17) is 9.84 Å². The van der Waals surface area contributed by atoms with Gasteiger partial charge in [0.05, 0.1) is 18.9 Å². The SMILES string of the molecule is O=C(O)CC1CN(C(=O)C2CCCOC2)c2ccccc21. The lowest BCUT2D eigenvalue weighted by Crippen LogP contribution is -2.39.